The van der Waals surface area contributed by atoms with Crippen molar-refractivity contribution in [1.29, 1.82) is 0 Å². The average Bonchev–Trinajstić information content (AvgIpc) is 3.12. The van der Waals surface area contributed by atoms with Gasteiger partial charge in [0.2, 0.25) is 0 Å². The molecule has 1 aromatic heterocycles. The molecule has 0 bridgehead atoms. The van der Waals surface area contributed by atoms with E-state index in [-0.39, 0.29) is 5.91 Å². The zero-order chi connectivity index (χ0) is 17.9. The molecule has 1 fully saturated rings. The smallest absolute Gasteiger partial charge is 0.267 e. The summed E-state index contributed by atoms with van der Waals surface area (Å²) >= 11 is 0. The zero-order valence-corrected chi connectivity index (χ0v) is 15.0. The number of nitrogens with one attached hydrogen (secondary N) is 3. The molecule has 1 aliphatic heterocycles. The summed E-state index contributed by atoms with van der Waals surface area (Å²) in [6.07, 6.45) is 1.02. The largest absolute Gasteiger partial charge is 0.366 e. The van der Waals surface area contributed by atoms with Gasteiger partial charge in [-0.3, -0.25) is 4.79 Å². The first-order valence-corrected chi connectivity index (χ1v) is 9.11. The normalized spacial score (nSPS) is 17.4. The molecule has 26 heavy (non-hydrogen) atoms. The van der Waals surface area contributed by atoms with E-state index in [0.29, 0.717) is 11.7 Å². The highest BCUT2D eigenvalue weighted by Gasteiger charge is 2.23. The van der Waals surface area contributed by atoms with Gasteiger partial charge in [-0.25, -0.2) is 0 Å². The van der Waals surface area contributed by atoms with Crippen LogP contribution >= 0.6 is 0 Å². The van der Waals surface area contributed by atoms with Crippen LogP contribution < -0.4 is 15.5 Å². The van der Waals surface area contributed by atoms with E-state index < -0.39 is 0 Å². The Hall–Kier alpha value is -2.79. The summed E-state index contributed by atoms with van der Waals surface area (Å²) in [4.78, 5) is 17.5. The van der Waals surface area contributed by atoms with Gasteiger partial charge in [0.15, 0.2) is 0 Å². The van der Waals surface area contributed by atoms with Gasteiger partial charge >= 0.3 is 0 Å². The lowest BCUT2D eigenvalue weighted by Crippen LogP contribution is -2.52. The number of hydrogen-bond donors (Lipinski definition) is 3. The molecule has 0 radical (unpaired) electrons. The van der Waals surface area contributed by atoms with Crippen molar-refractivity contribution in [1.82, 2.24) is 15.6 Å². The molecule has 0 aliphatic carbocycles. The molecule has 0 unspecified atom stereocenters. The third kappa shape index (κ3) is 3.30. The molecule has 3 N–H and O–H groups in total. The Morgan fingerprint density at radius 1 is 1.19 bits per heavy atom. The lowest BCUT2D eigenvalue weighted by atomic mass is 10.0. The number of H-pyrrole nitrogens is 1. The molecular formula is C21H24N4O. The van der Waals surface area contributed by atoms with E-state index in [4.69, 9.17) is 0 Å². The minimum atomic E-state index is -0.0909. The van der Waals surface area contributed by atoms with E-state index in [0.717, 1.165) is 37.0 Å². The van der Waals surface area contributed by atoms with Gasteiger partial charge in [-0.05, 0) is 36.2 Å². The van der Waals surface area contributed by atoms with Gasteiger partial charge in [-0.15, -0.1) is 0 Å². The quantitative estimate of drug-likeness (QED) is 0.679. The Bertz CT molecular complexity index is 903. The molecular weight excluding hydrogens is 324 g/mol. The maximum Gasteiger partial charge on any atom is 0.267 e. The highest BCUT2D eigenvalue weighted by atomic mass is 16.1. The molecule has 5 heteroatoms. The molecule has 1 saturated heterocycles. The van der Waals surface area contributed by atoms with Crippen LogP contribution in [-0.4, -0.2) is 43.6 Å². The summed E-state index contributed by atoms with van der Waals surface area (Å²) in [7, 11) is 1.65. The van der Waals surface area contributed by atoms with E-state index in [9.17, 15) is 4.79 Å². The number of carbonyl (C=O) groups is 1. The fourth-order valence-electron chi connectivity index (χ4n) is 3.73. The van der Waals surface area contributed by atoms with E-state index in [1.807, 2.05) is 6.07 Å². The van der Waals surface area contributed by atoms with Crippen LogP contribution in [0.25, 0.3) is 10.9 Å². The molecule has 0 saturated carbocycles. The minimum absolute atomic E-state index is 0.0909. The second-order valence-electron chi connectivity index (χ2n) is 6.77. The Labute approximate surface area is 153 Å². The van der Waals surface area contributed by atoms with E-state index in [1.54, 1.807) is 7.05 Å². The van der Waals surface area contributed by atoms with E-state index in [1.165, 1.54) is 11.3 Å². The summed E-state index contributed by atoms with van der Waals surface area (Å²) in [6, 6.07) is 19.4. The Morgan fingerprint density at radius 3 is 2.85 bits per heavy atom. The number of nitrogens with zero attached hydrogens (tertiary/aromatic N) is 1. The zero-order valence-electron chi connectivity index (χ0n) is 15.0. The van der Waals surface area contributed by atoms with Gasteiger partial charge in [0, 0.05) is 49.3 Å². The summed E-state index contributed by atoms with van der Waals surface area (Å²) < 4.78 is 0. The molecule has 3 aromatic rings. The van der Waals surface area contributed by atoms with Crippen LogP contribution in [0.5, 0.6) is 0 Å². The summed E-state index contributed by atoms with van der Waals surface area (Å²) in [5.74, 6) is -0.0909. The predicted octanol–water partition coefficient (Wildman–Crippen LogP) is 2.55. The first-order valence-electron chi connectivity index (χ1n) is 9.11. The Balaban J connectivity index is 1.62. The number of benzene rings is 2. The number of piperazine rings is 1. The third-order valence-corrected chi connectivity index (χ3v) is 5.07. The van der Waals surface area contributed by atoms with Crippen LogP contribution in [0.3, 0.4) is 0 Å². The van der Waals surface area contributed by atoms with Crippen LogP contribution in [0.2, 0.25) is 0 Å². The van der Waals surface area contributed by atoms with Crippen LogP contribution in [0.1, 0.15) is 16.1 Å². The summed E-state index contributed by atoms with van der Waals surface area (Å²) in [5, 5.41) is 7.25. The van der Waals surface area contributed by atoms with Crippen molar-refractivity contribution >= 4 is 22.5 Å². The van der Waals surface area contributed by atoms with Crippen LogP contribution in [0.15, 0.2) is 54.6 Å². The molecule has 1 aliphatic rings. The Morgan fingerprint density at radius 2 is 2.04 bits per heavy atom. The van der Waals surface area contributed by atoms with Crippen molar-refractivity contribution in [2.75, 3.05) is 31.6 Å². The van der Waals surface area contributed by atoms with Gasteiger partial charge in [-0.1, -0.05) is 30.3 Å². The molecule has 0 spiro atoms. The monoisotopic (exact) mass is 348 g/mol. The topological polar surface area (TPSA) is 60.2 Å². The summed E-state index contributed by atoms with van der Waals surface area (Å²) in [5.41, 5.74) is 4.15. The lowest BCUT2D eigenvalue weighted by Gasteiger charge is -2.38. The molecule has 5 nitrogen and oxygen atoms in total. The van der Waals surface area contributed by atoms with Crippen molar-refractivity contribution in [3.63, 3.8) is 0 Å². The van der Waals surface area contributed by atoms with Crippen LogP contribution in [0.4, 0.5) is 5.69 Å². The number of aromatic amines is 1. The standard InChI is InChI=1S/C21H24N4O/c1-22-21(26)20-13-16-12-17(7-8-19(16)24-20)25-10-9-23-14-18(25)11-15-5-3-2-4-6-15/h2-8,12-13,18,23-24H,9-11,14H2,1H3,(H,22,26)/t18-/m1/s1. The minimum Gasteiger partial charge on any atom is -0.366 e. The van der Waals surface area contributed by atoms with Crippen molar-refractivity contribution in [3.05, 3.63) is 65.9 Å². The fourth-order valence-corrected chi connectivity index (χ4v) is 3.73. The van der Waals surface area contributed by atoms with Crippen molar-refractivity contribution < 1.29 is 4.79 Å². The van der Waals surface area contributed by atoms with E-state index >= 15 is 0 Å². The number of fused-ring (bicyclic) bond motifs is 1. The maximum absolute atomic E-state index is 11.9. The summed E-state index contributed by atoms with van der Waals surface area (Å²) in [6.45, 7) is 2.94. The molecule has 4 rings (SSSR count). The van der Waals surface area contributed by atoms with Gasteiger partial charge < -0.3 is 20.5 Å². The Kier molecular flexibility index (Phi) is 4.63. The molecule has 1 atom stereocenters. The van der Waals surface area contributed by atoms with Crippen LogP contribution in [-0.2, 0) is 6.42 Å². The molecule has 2 aromatic carbocycles. The van der Waals surface area contributed by atoms with Crippen LogP contribution in [0, 0.1) is 0 Å². The van der Waals surface area contributed by atoms with Gasteiger partial charge in [0.25, 0.3) is 5.91 Å². The van der Waals surface area contributed by atoms with Crippen molar-refractivity contribution in [3.8, 4) is 0 Å². The number of aromatic nitrogens is 1. The number of hydrogen-bond acceptors (Lipinski definition) is 3. The van der Waals surface area contributed by atoms with E-state index in [2.05, 4.69) is 69.0 Å². The SMILES string of the molecule is CNC(=O)c1cc2cc(N3CCNC[C@H]3Cc3ccccc3)ccc2[nH]1. The van der Waals surface area contributed by atoms with Crippen molar-refractivity contribution in [2.24, 2.45) is 0 Å². The first kappa shape index (κ1) is 16.7. The molecule has 1 amide bonds. The highest BCUT2D eigenvalue weighted by Crippen LogP contribution is 2.26. The van der Waals surface area contributed by atoms with Gasteiger partial charge in [0.05, 0.1) is 0 Å². The third-order valence-electron chi connectivity index (χ3n) is 5.07. The second-order valence-corrected chi connectivity index (χ2v) is 6.77. The van der Waals surface area contributed by atoms with Gasteiger partial charge in [0.1, 0.15) is 5.69 Å². The number of rotatable bonds is 4. The predicted molar refractivity (Wildman–Crippen MR) is 106 cm³/mol. The van der Waals surface area contributed by atoms with Crippen molar-refractivity contribution in [2.45, 2.75) is 12.5 Å². The maximum atomic E-state index is 11.9. The number of amides is 1. The number of anilines is 1. The first-order chi connectivity index (χ1) is 12.7. The highest BCUT2D eigenvalue weighted by molar-refractivity contribution is 5.98. The fraction of sp³-hybridized carbons (Fsp3) is 0.286. The lowest BCUT2D eigenvalue weighted by molar-refractivity contribution is 0.0959. The average molecular weight is 348 g/mol. The second kappa shape index (κ2) is 7.22. The molecule has 2 heterocycles. The molecule has 134 valence electrons. The number of carbonyl (C=O) groups excluding carboxylic acids is 1. The van der Waals surface area contributed by atoms with Gasteiger partial charge in [-0.2, -0.15) is 0 Å².